The highest BCUT2D eigenvalue weighted by Gasteiger charge is 2.47. The van der Waals surface area contributed by atoms with Crippen LogP contribution in [0.25, 0.3) is 27.1 Å². The number of rotatable bonds is 6. The van der Waals surface area contributed by atoms with Gasteiger partial charge in [0.1, 0.15) is 17.7 Å². The number of benzene rings is 1. The van der Waals surface area contributed by atoms with Crippen LogP contribution in [-0.4, -0.2) is 60.0 Å². The molecule has 43 heavy (non-hydrogen) atoms. The van der Waals surface area contributed by atoms with Gasteiger partial charge in [0, 0.05) is 18.5 Å². The fourth-order valence-electron chi connectivity index (χ4n) is 5.03. The van der Waals surface area contributed by atoms with Crippen molar-refractivity contribution in [3.05, 3.63) is 41.2 Å². The van der Waals surface area contributed by atoms with Crippen LogP contribution in [0.2, 0.25) is 0 Å². The summed E-state index contributed by atoms with van der Waals surface area (Å²) in [6.45, 7) is -0.0825. The van der Waals surface area contributed by atoms with Crippen molar-refractivity contribution in [2.75, 3.05) is 11.4 Å². The van der Waals surface area contributed by atoms with Gasteiger partial charge in [-0.1, -0.05) is 17.4 Å². The first-order valence-electron chi connectivity index (χ1n) is 12.5. The number of nitrogens with zero attached hydrogens (tertiary/aromatic N) is 10. The molecule has 0 amide bonds. The standard InChI is InChI=1S/C23H16F5N11O2S2/c24-16(25)19-33-35-21(42-19)39-13-7-11(43(40,41)36-22(9-29)3-4-22)1-2-12(13)15-17(30-10-31-18(15)39)37-5-6-38-14(8-37)32-34-20(38)23(26,27)28/h1-2,7,10,16,36H,3-6,8H2. The van der Waals surface area contributed by atoms with Gasteiger partial charge in [0.05, 0.1) is 28.4 Å². The van der Waals surface area contributed by atoms with E-state index in [0.717, 1.165) is 4.57 Å². The van der Waals surface area contributed by atoms with Crippen molar-refractivity contribution in [3.8, 4) is 11.2 Å². The molecule has 1 aliphatic carbocycles. The number of nitriles is 1. The van der Waals surface area contributed by atoms with Crippen molar-refractivity contribution in [1.29, 1.82) is 5.26 Å². The minimum absolute atomic E-state index is 0.0219. The average molecular weight is 638 g/mol. The monoisotopic (exact) mass is 637 g/mol. The fourth-order valence-corrected chi connectivity index (χ4v) is 7.14. The molecule has 0 atom stereocenters. The second kappa shape index (κ2) is 9.32. The van der Waals surface area contributed by atoms with Crippen molar-refractivity contribution < 1.29 is 30.4 Å². The first-order chi connectivity index (χ1) is 20.4. The minimum atomic E-state index is -4.68. The Bertz CT molecular complexity index is 2080. The Kier molecular flexibility index (Phi) is 5.96. The summed E-state index contributed by atoms with van der Waals surface area (Å²) in [5.74, 6) is -0.750. The van der Waals surface area contributed by atoms with Crippen molar-refractivity contribution in [1.82, 2.24) is 44.2 Å². The Labute approximate surface area is 241 Å². The SMILES string of the molecule is N#CC1(NS(=O)(=O)c2ccc3c4c(N5CCn6c(nnc6C(F)(F)F)C5)ncnc4n(-c4nnc(C(F)F)s4)c3c2)CC1. The van der Waals surface area contributed by atoms with E-state index >= 15 is 0 Å². The lowest BCUT2D eigenvalue weighted by atomic mass is 10.2. The molecule has 1 aliphatic heterocycles. The van der Waals surface area contributed by atoms with Crippen molar-refractivity contribution in [3.63, 3.8) is 0 Å². The molecule has 0 unspecified atom stereocenters. The van der Waals surface area contributed by atoms with E-state index in [0.29, 0.717) is 40.8 Å². The van der Waals surface area contributed by atoms with Crippen molar-refractivity contribution >= 4 is 49.1 Å². The molecule has 1 fully saturated rings. The summed E-state index contributed by atoms with van der Waals surface area (Å²) in [5, 5.41) is 24.1. The van der Waals surface area contributed by atoms with Gasteiger partial charge in [-0.15, -0.1) is 20.4 Å². The second-order valence-electron chi connectivity index (χ2n) is 9.94. The highest BCUT2D eigenvalue weighted by molar-refractivity contribution is 7.89. The number of halogens is 5. The number of sulfonamides is 1. The molecule has 7 rings (SSSR count). The molecule has 2 aliphatic rings. The topological polar surface area (TPSA) is 160 Å². The molecule has 0 radical (unpaired) electrons. The largest absolute Gasteiger partial charge is 0.451 e. The van der Waals surface area contributed by atoms with Crippen LogP contribution in [0.4, 0.5) is 27.8 Å². The lowest BCUT2D eigenvalue weighted by Gasteiger charge is -2.29. The molecule has 0 saturated heterocycles. The van der Waals surface area contributed by atoms with Crippen LogP contribution in [0.1, 0.15) is 35.9 Å². The van der Waals surface area contributed by atoms with Gasteiger partial charge in [0.2, 0.25) is 21.0 Å². The van der Waals surface area contributed by atoms with E-state index in [1.807, 2.05) is 6.07 Å². The number of alkyl halides is 5. The number of hydrogen-bond acceptors (Lipinski definition) is 11. The number of nitrogens with one attached hydrogen (secondary N) is 1. The number of fused-ring (bicyclic) bond motifs is 4. The molecular weight excluding hydrogens is 621 g/mol. The van der Waals surface area contributed by atoms with Crippen molar-refractivity contribution in [2.45, 2.75) is 49.0 Å². The molecule has 13 nitrogen and oxygen atoms in total. The maximum Gasteiger partial charge on any atom is 0.451 e. The third-order valence-corrected chi connectivity index (χ3v) is 9.67. The Balaban J connectivity index is 1.40. The fraction of sp³-hybridized carbons (Fsp3) is 0.348. The van der Waals surface area contributed by atoms with Gasteiger partial charge < -0.3 is 9.47 Å². The Hall–Kier alpha value is -4.35. The molecule has 1 saturated carbocycles. The maximum atomic E-state index is 13.4. The van der Waals surface area contributed by atoms with E-state index in [1.54, 1.807) is 4.90 Å². The third-order valence-electron chi connectivity index (χ3n) is 7.22. The summed E-state index contributed by atoms with van der Waals surface area (Å²) in [4.78, 5) is 10.2. The number of aromatic nitrogens is 8. The van der Waals surface area contributed by atoms with Crippen molar-refractivity contribution in [2.24, 2.45) is 0 Å². The lowest BCUT2D eigenvalue weighted by Crippen LogP contribution is -2.36. The highest BCUT2D eigenvalue weighted by atomic mass is 32.2. The summed E-state index contributed by atoms with van der Waals surface area (Å²) in [5.41, 5.74) is -0.790. The zero-order valence-electron chi connectivity index (χ0n) is 21.4. The van der Waals surface area contributed by atoms with E-state index in [9.17, 15) is 35.6 Å². The quantitative estimate of drug-likeness (QED) is 0.274. The average Bonchev–Trinajstić information content (AvgIpc) is 3.31. The second-order valence-corrected chi connectivity index (χ2v) is 12.6. The van der Waals surface area contributed by atoms with Gasteiger partial charge in [0.25, 0.3) is 6.43 Å². The van der Waals surface area contributed by atoms with E-state index in [2.05, 4.69) is 35.1 Å². The zero-order valence-corrected chi connectivity index (χ0v) is 23.1. The molecule has 0 spiro atoms. The van der Waals surface area contributed by atoms with Gasteiger partial charge in [0.15, 0.2) is 16.5 Å². The summed E-state index contributed by atoms with van der Waals surface area (Å²) < 4.78 is 98.2. The lowest BCUT2D eigenvalue weighted by molar-refractivity contribution is -0.147. The molecule has 0 bridgehead atoms. The van der Waals surface area contributed by atoms with Gasteiger partial charge >= 0.3 is 6.18 Å². The van der Waals surface area contributed by atoms with Crippen LogP contribution in [0.3, 0.4) is 0 Å². The van der Waals surface area contributed by atoms with Crippen LogP contribution in [0, 0.1) is 11.3 Å². The normalized spacial score (nSPS) is 16.6. The Morgan fingerprint density at radius 1 is 1.09 bits per heavy atom. The Morgan fingerprint density at radius 2 is 1.88 bits per heavy atom. The molecule has 222 valence electrons. The third kappa shape index (κ3) is 4.45. The van der Waals surface area contributed by atoms with E-state index in [-0.39, 0.29) is 46.6 Å². The van der Waals surface area contributed by atoms with Gasteiger partial charge in [-0.2, -0.15) is 23.2 Å². The van der Waals surface area contributed by atoms with Crippen LogP contribution < -0.4 is 9.62 Å². The smallest absolute Gasteiger partial charge is 0.347 e. The van der Waals surface area contributed by atoms with Crippen LogP contribution in [0.15, 0.2) is 29.4 Å². The highest BCUT2D eigenvalue weighted by Crippen LogP contribution is 2.40. The minimum Gasteiger partial charge on any atom is -0.347 e. The van der Waals surface area contributed by atoms with E-state index in [1.165, 1.54) is 29.1 Å². The van der Waals surface area contributed by atoms with E-state index < -0.39 is 39.0 Å². The summed E-state index contributed by atoms with van der Waals surface area (Å²) in [7, 11) is -4.17. The van der Waals surface area contributed by atoms with Gasteiger partial charge in [-0.05, 0) is 25.0 Å². The van der Waals surface area contributed by atoms with Gasteiger partial charge in [-0.3, -0.25) is 4.57 Å². The Morgan fingerprint density at radius 3 is 2.56 bits per heavy atom. The zero-order chi connectivity index (χ0) is 30.3. The molecule has 1 N–H and O–H groups in total. The summed E-state index contributed by atoms with van der Waals surface area (Å²) in [6.07, 6.45) is -5.66. The summed E-state index contributed by atoms with van der Waals surface area (Å²) in [6, 6.07) is 6.09. The van der Waals surface area contributed by atoms with Gasteiger partial charge in [-0.25, -0.2) is 27.2 Å². The molecule has 5 heterocycles. The molecule has 1 aromatic carbocycles. The van der Waals surface area contributed by atoms with Crippen LogP contribution >= 0.6 is 11.3 Å². The maximum absolute atomic E-state index is 13.4. The van der Waals surface area contributed by atoms with E-state index in [4.69, 9.17) is 0 Å². The molecule has 5 aromatic rings. The predicted molar refractivity (Wildman–Crippen MR) is 139 cm³/mol. The molecule has 4 aromatic heterocycles. The first-order valence-corrected chi connectivity index (χ1v) is 14.8. The summed E-state index contributed by atoms with van der Waals surface area (Å²) >= 11 is 0.583. The number of hydrogen-bond donors (Lipinski definition) is 1. The van der Waals surface area contributed by atoms with Crippen LogP contribution in [-0.2, 0) is 29.3 Å². The molecule has 20 heteroatoms. The predicted octanol–water partition coefficient (Wildman–Crippen LogP) is 3.33. The number of anilines is 1. The molecular formula is C23H16F5N11O2S2. The van der Waals surface area contributed by atoms with Crippen LogP contribution in [0.5, 0.6) is 0 Å². The first kappa shape index (κ1) is 27.5.